The van der Waals surface area contributed by atoms with Crippen molar-refractivity contribution in [2.75, 3.05) is 39.5 Å². The molecule has 1 aromatic carbocycles. The van der Waals surface area contributed by atoms with Crippen LogP contribution >= 0.6 is 24.0 Å². The molecule has 0 amide bonds. The molecule has 0 unspecified atom stereocenters. The van der Waals surface area contributed by atoms with Crippen molar-refractivity contribution in [1.29, 1.82) is 0 Å². The number of morpholine rings is 1. The largest absolute Gasteiger partial charge is 0.491 e. The van der Waals surface area contributed by atoms with Crippen LogP contribution in [0, 0.1) is 13.8 Å². The SMILES string of the molecule is Cc1cccc(C)c1OCCN=C(N)N1CCOCC1.I. The quantitative estimate of drug-likeness (QED) is 0.360. The summed E-state index contributed by atoms with van der Waals surface area (Å²) in [5.41, 5.74) is 8.25. The van der Waals surface area contributed by atoms with Crippen LogP contribution in [-0.2, 0) is 4.74 Å². The summed E-state index contributed by atoms with van der Waals surface area (Å²) in [5, 5.41) is 0. The minimum absolute atomic E-state index is 0. The number of nitrogens with two attached hydrogens (primary N) is 1. The van der Waals surface area contributed by atoms with Crippen molar-refractivity contribution in [1.82, 2.24) is 4.90 Å². The van der Waals surface area contributed by atoms with Gasteiger partial charge in [-0.2, -0.15) is 0 Å². The van der Waals surface area contributed by atoms with E-state index in [9.17, 15) is 0 Å². The lowest BCUT2D eigenvalue weighted by Gasteiger charge is -2.27. The van der Waals surface area contributed by atoms with Crippen LogP contribution in [-0.4, -0.2) is 50.3 Å². The predicted octanol–water partition coefficient (Wildman–Crippen LogP) is 1.95. The molecule has 1 aliphatic rings. The first-order valence-electron chi connectivity index (χ1n) is 7.00. The Morgan fingerprint density at radius 3 is 2.52 bits per heavy atom. The van der Waals surface area contributed by atoms with Crippen LogP contribution < -0.4 is 10.5 Å². The Kier molecular flexibility index (Phi) is 7.81. The van der Waals surface area contributed by atoms with Gasteiger partial charge in [-0.25, -0.2) is 4.99 Å². The van der Waals surface area contributed by atoms with E-state index in [1.807, 2.05) is 36.9 Å². The fourth-order valence-corrected chi connectivity index (χ4v) is 2.23. The topological polar surface area (TPSA) is 60.1 Å². The number of halogens is 1. The Morgan fingerprint density at radius 1 is 1.29 bits per heavy atom. The second-order valence-electron chi connectivity index (χ2n) is 4.91. The van der Waals surface area contributed by atoms with Crippen molar-refractivity contribution in [3.8, 4) is 5.75 Å². The molecule has 118 valence electrons. The van der Waals surface area contributed by atoms with Crippen molar-refractivity contribution in [2.45, 2.75) is 13.8 Å². The molecule has 0 atom stereocenters. The third-order valence-electron chi connectivity index (χ3n) is 3.36. The third kappa shape index (κ3) is 5.35. The van der Waals surface area contributed by atoms with Crippen LogP contribution in [0.25, 0.3) is 0 Å². The molecule has 21 heavy (non-hydrogen) atoms. The third-order valence-corrected chi connectivity index (χ3v) is 3.36. The lowest BCUT2D eigenvalue weighted by Crippen LogP contribution is -2.45. The van der Waals surface area contributed by atoms with Crippen molar-refractivity contribution in [3.05, 3.63) is 29.3 Å². The molecule has 2 N–H and O–H groups in total. The van der Waals surface area contributed by atoms with Gasteiger partial charge in [0.2, 0.25) is 0 Å². The number of guanidine groups is 1. The number of hydrogen-bond donors (Lipinski definition) is 1. The number of nitrogens with zero attached hydrogens (tertiary/aromatic N) is 2. The van der Waals surface area contributed by atoms with Crippen LogP contribution in [0.4, 0.5) is 0 Å². The zero-order chi connectivity index (χ0) is 14.4. The van der Waals surface area contributed by atoms with E-state index in [1.165, 1.54) is 0 Å². The molecule has 1 fully saturated rings. The van der Waals surface area contributed by atoms with Crippen LogP contribution in [0.5, 0.6) is 5.75 Å². The highest BCUT2D eigenvalue weighted by Gasteiger charge is 2.11. The Balaban J connectivity index is 0.00000220. The maximum atomic E-state index is 5.95. The normalized spacial score (nSPS) is 15.5. The van der Waals surface area contributed by atoms with Gasteiger partial charge in [-0.1, -0.05) is 18.2 Å². The number of hydrogen-bond acceptors (Lipinski definition) is 3. The summed E-state index contributed by atoms with van der Waals surface area (Å²) in [4.78, 5) is 6.41. The van der Waals surface area contributed by atoms with Gasteiger partial charge in [0.15, 0.2) is 5.96 Å². The summed E-state index contributed by atoms with van der Waals surface area (Å²) in [6.07, 6.45) is 0. The smallest absolute Gasteiger partial charge is 0.191 e. The molecular formula is C15H24IN3O2. The maximum Gasteiger partial charge on any atom is 0.191 e. The summed E-state index contributed by atoms with van der Waals surface area (Å²) in [7, 11) is 0. The van der Waals surface area contributed by atoms with Gasteiger partial charge in [-0.15, -0.1) is 24.0 Å². The number of aryl methyl sites for hydroxylation is 2. The Bertz CT molecular complexity index is 454. The highest BCUT2D eigenvalue weighted by Crippen LogP contribution is 2.21. The molecular weight excluding hydrogens is 381 g/mol. The van der Waals surface area contributed by atoms with E-state index in [4.69, 9.17) is 15.2 Å². The van der Waals surface area contributed by atoms with Gasteiger partial charge in [0.25, 0.3) is 0 Å². The molecule has 0 aromatic heterocycles. The second-order valence-corrected chi connectivity index (χ2v) is 4.91. The maximum absolute atomic E-state index is 5.95. The Hall–Kier alpha value is -1.02. The number of aliphatic imine (C=N–C) groups is 1. The van der Waals surface area contributed by atoms with Crippen molar-refractivity contribution in [2.24, 2.45) is 10.7 Å². The monoisotopic (exact) mass is 405 g/mol. The summed E-state index contributed by atoms with van der Waals surface area (Å²) in [5.74, 6) is 1.53. The van der Waals surface area contributed by atoms with Gasteiger partial charge in [0.1, 0.15) is 12.4 Å². The minimum Gasteiger partial charge on any atom is -0.491 e. The van der Waals surface area contributed by atoms with Crippen LogP contribution in [0.15, 0.2) is 23.2 Å². The van der Waals surface area contributed by atoms with E-state index < -0.39 is 0 Å². The molecule has 0 spiro atoms. The van der Waals surface area contributed by atoms with E-state index in [1.54, 1.807) is 0 Å². The molecule has 2 rings (SSSR count). The van der Waals surface area contributed by atoms with E-state index >= 15 is 0 Å². The molecule has 0 aliphatic carbocycles. The van der Waals surface area contributed by atoms with E-state index in [0.29, 0.717) is 19.1 Å². The van der Waals surface area contributed by atoms with Crippen LogP contribution in [0.2, 0.25) is 0 Å². The van der Waals surface area contributed by atoms with Crippen LogP contribution in [0.1, 0.15) is 11.1 Å². The first-order valence-corrected chi connectivity index (χ1v) is 7.00. The number of rotatable bonds is 4. The molecule has 5 nitrogen and oxygen atoms in total. The number of benzene rings is 1. The van der Waals surface area contributed by atoms with Crippen molar-refractivity contribution < 1.29 is 9.47 Å². The van der Waals surface area contributed by atoms with E-state index in [2.05, 4.69) is 4.99 Å². The highest BCUT2D eigenvalue weighted by atomic mass is 127. The highest BCUT2D eigenvalue weighted by molar-refractivity contribution is 14.0. The Labute approximate surface area is 143 Å². The van der Waals surface area contributed by atoms with Crippen LogP contribution in [0.3, 0.4) is 0 Å². The minimum atomic E-state index is 0. The summed E-state index contributed by atoms with van der Waals surface area (Å²) in [6.45, 7) is 8.26. The van der Waals surface area contributed by atoms with Gasteiger partial charge in [-0.3, -0.25) is 0 Å². The van der Waals surface area contributed by atoms with Gasteiger partial charge < -0.3 is 20.1 Å². The molecule has 6 heteroatoms. The standard InChI is InChI=1S/C15H23N3O2.HI/c1-12-4-3-5-13(2)14(12)20-9-6-17-15(16)18-7-10-19-11-8-18;/h3-5H,6-11H2,1-2H3,(H2,16,17);1H. The molecule has 1 aromatic rings. The number of ether oxygens (including phenoxy) is 2. The van der Waals surface area contributed by atoms with Gasteiger partial charge in [0, 0.05) is 13.1 Å². The number of para-hydroxylation sites is 1. The fourth-order valence-electron chi connectivity index (χ4n) is 2.23. The molecule has 0 radical (unpaired) electrons. The van der Waals surface area contributed by atoms with Gasteiger partial charge in [-0.05, 0) is 25.0 Å². The van der Waals surface area contributed by atoms with E-state index in [-0.39, 0.29) is 24.0 Å². The summed E-state index contributed by atoms with van der Waals surface area (Å²) >= 11 is 0. The fraction of sp³-hybridized carbons (Fsp3) is 0.533. The molecule has 0 bridgehead atoms. The zero-order valence-electron chi connectivity index (χ0n) is 12.7. The first kappa shape index (κ1) is 18.0. The Morgan fingerprint density at radius 2 is 1.90 bits per heavy atom. The lowest BCUT2D eigenvalue weighted by molar-refractivity contribution is 0.0674. The summed E-state index contributed by atoms with van der Waals surface area (Å²) < 4.78 is 11.1. The average molecular weight is 405 g/mol. The summed E-state index contributed by atoms with van der Waals surface area (Å²) in [6, 6.07) is 6.13. The van der Waals surface area contributed by atoms with Gasteiger partial charge >= 0.3 is 0 Å². The van der Waals surface area contributed by atoms with Crippen molar-refractivity contribution >= 4 is 29.9 Å². The van der Waals surface area contributed by atoms with Crippen molar-refractivity contribution in [3.63, 3.8) is 0 Å². The first-order chi connectivity index (χ1) is 9.68. The molecule has 1 aliphatic heterocycles. The zero-order valence-corrected chi connectivity index (χ0v) is 15.0. The lowest BCUT2D eigenvalue weighted by atomic mass is 10.1. The molecule has 1 saturated heterocycles. The average Bonchev–Trinajstić information content (AvgIpc) is 2.46. The molecule has 1 heterocycles. The van der Waals surface area contributed by atoms with Gasteiger partial charge in [0.05, 0.1) is 19.8 Å². The second kappa shape index (κ2) is 9.09. The predicted molar refractivity (Wildman–Crippen MR) is 95.7 cm³/mol. The van der Waals surface area contributed by atoms with E-state index in [0.717, 1.165) is 43.2 Å². The molecule has 0 saturated carbocycles.